The zero-order chi connectivity index (χ0) is 28.7. The minimum absolute atomic E-state index is 0.0575. The van der Waals surface area contributed by atoms with Gasteiger partial charge < -0.3 is 0 Å². The number of hydrogen-bond donors (Lipinski definition) is 0. The number of aryl methyl sites for hydroxylation is 1. The van der Waals surface area contributed by atoms with Gasteiger partial charge >= 0.3 is 0 Å². The Bertz CT molecular complexity index is 1590. The zero-order valence-corrected chi connectivity index (χ0v) is 25.0. The maximum Gasteiger partial charge on any atom is 0.139 e. The van der Waals surface area contributed by atoms with Crippen LogP contribution in [0.25, 0.3) is 21.7 Å². The second kappa shape index (κ2) is 9.31. The van der Waals surface area contributed by atoms with E-state index in [0.717, 1.165) is 43.3 Å². The first-order valence-corrected chi connectivity index (χ1v) is 15.9. The van der Waals surface area contributed by atoms with Gasteiger partial charge in [0.2, 0.25) is 0 Å². The van der Waals surface area contributed by atoms with Crippen LogP contribution in [0.5, 0.6) is 0 Å². The highest BCUT2D eigenvalue weighted by molar-refractivity contribution is 6.06. The van der Waals surface area contributed by atoms with Gasteiger partial charge in [-0.15, -0.1) is 0 Å². The summed E-state index contributed by atoms with van der Waals surface area (Å²) in [4.78, 5) is 45.8. The zero-order valence-electron chi connectivity index (χ0n) is 25.0. The highest BCUT2D eigenvalue weighted by Gasteiger charge is 2.71. The van der Waals surface area contributed by atoms with Crippen molar-refractivity contribution in [1.82, 2.24) is 4.98 Å². The van der Waals surface area contributed by atoms with E-state index in [-0.39, 0.29) is 29.1 Å². The Morgan fingerprint density at radius 3 is 2.27 bits per heavy atom. The molecule has 4 fully saturated rings. The molecule has 0 spiro atoms. The van der Waals surface area contributed by atoms with E-state index in [1.54, 1.807) is 0 Å². The fraction of sp³-hybridized carbons (Fsp3) is 0.568. The summed E-state index contributed by atoms with van der Waals surface area (Å²) in [7, 11) is 0. The Morgan fingerprint density at radius 1 is 0.805 bits per heavy atom. The second-order valence-electron chi connectivity index (χ2n) is 14.7. The molecule has 8 atom stereocenters. The van der Waals surface area contributed by atoms with Crippen molar-refractivity contribution in [3.8, 4) is 0 Å². The quantitative estimate of drug-likeness (QED) is 0.310. The van der Waals surface area contributed by atoms with E-state index in [2.05, 4.69) is 76.2 Å². The first-order chi connectivity index (χ1) is 19.6. The number of hydrogen-bond acceptors (Lipinski definition) is 4. The summed E-state index contributed by atoms with van der Waals surface area (Å²) in [5.74, 6) is 1.87. The normalized spacial score (nSPS) is 37.6. The molecule has 41 heavy (non-hydrogen) atoms. The molecule has 4 aliphatic carbocycles. The largest absolute Gasteiger partial charge is 0.300 e. The third-order valence-electron chi connectivity index (χ3n) is 13.1. The highest BCUT2D eigenvalue weighted by Crippen LogP contribution is 2.71. The lowest BCUT2D eigenvalue weighted by Crippen LogP contribution is -2.65. The molecule has 4 heteroatoms. The minimum atomic E-state index is -0.473. The molecule has 4 aliphatic rings. The maximum atomic E-state index is 14.3. The fourth-order valence-electron chi connectivity index (χ4n) is 10.7. The smallest absolute Gasteiger partial charge is 0.139 e. The lowest BCUT2D eigenvalue weighted by molar-refractivity contribution is -0.185. The molecule has 2 aromatic carbocycles. The molecule has 214 valence electrons. The Balaban J connectivity index is 1.17. The molecule has 0 N–H and O–H groups in total. The van der Waals surface area contributed by atoms with Gasteiger partial charge in [0.25, 0.3) is 0 Å². The highest BCUT2D eigenvalue weighted by atomic mass is 16.1. The molecule has 1 aromatic heterocycles. The van der Waals surface area contributed by atoms with Crippen molar-refractivity contribution >= 4 is 39.0 Å². The number of carbonyl (C=O) groups is 3. The lowest BCUT2D eigenvalue weighted by Gasteiger charge is -2.63. The van der Waals surface area contributed by atoms with E-state index >= 15 is 0 Å². The lowest BCUT2D eigenvalue weighted by atomic mass is 9.38. The number of nitrogens with zero attached hydrogens (tertiary/aromatic N) is 1. The number of carbonyl (C=O) groups excluding carboxylic acids is 3. The summed E-state index contributed by atoms with van der Waals surface area (Å²) >= 11 is 0. The Hall–Kier alpha value is -2.88. The number of ketones is 3. The van der Waals surface area contributed by atoms with Crippen molar-refractivity contribution in [2.45, 2.75) is 85.5 Å². The molecule has 0 bridgehead atoms. The summed E-state index contributed by atoms with van der Waals surface area (Å²) in [5.41, 5.74) is 1.14. The fourth-order valence-corrected chi connectivity index (χ4v) is 10.7. The van der Waals surface area contributed by atoms with Crippen molar-refractivity contribution in [3.05, 3.63) is 54.2 Å². The van der Waals surface area contributed by atoms with E-state index in [1.165, 1.54) is 16.2 Å². The molecule has 4 nitrogen and oxygen atoms in total. The average molecular weight is 550 g/mol. The van der Waals surface area contributed by atoms with E-state index in [4.69, 9.17) is 4.98 Å². The van der Waals surface area contributed by atoms with Gasteiger partial charge in [0.1, 0.15) is 17.3 Å². The van der Waals surface area contributed by atoms with Gasteiger partial charge in [-0.25, -0.2) is 0 Å². The van der Waals surface area contributed by atoms with Gasteiger partial charge in [-0.3, -0.25) is 19.4 Å². The monoisotopic (exact) mass is 549 g/mol. The van der Waals surface area contributed by atoms with Gasteiger partial charge in [0.05, 0.1) is 5.52 Å². The molecule has 0 saturated heterocycles. The Kier molecular flexibility index (Phi) is 6.13. The van der Waals surface area contributed by atoms with Crippen LogP contribution in [-0.4, -0.2) is 22.3 Å². The van der Waals surface area contributed by atoms with Crippen molar-refractivity contribution in [2.75, 3.05) is 0 Å². The Morgan fingerprint density at radius 2 is 1.49 bits per heavy atom. The predicted octanol–water partition coefficient (Wildman–Crippen LogP) is 7.93. The van der Waals surface area contributed by atoms with E-state index in [1.807, 2.05) is 0 Å². The number of pyridine rings is 1. The predicted molar refractivity (Wildman–Crippen MR) is 162 cm³/mol. The molecular weight excluding hydrogens is 506 g/mol. The van der Waals surface area contributed by atoms with Crippen molar-refractivity contribution in [3.63, 3.8) is 0 Å². The van der Waals surface area contributed by atoms with Crippen LogP contribution in [-0.2, 0) is 20.8 Å². The summed E-state index contributed by atoms with van der Waals surface area (Å²) in [6, 6.07) is 17.0. The first-order valence-electron chi connectivity index (χ1n) is 15.9. The van der Waals surface area contributed by atoms with Crippen LogP contribution >= 0.6 is 0 Å². The van der Waals surface area contributed by atoms with Crippen LogP contribution in [0, 0.1) is 45.8 Å². The van der Waals surface area contributed by atoms with E-state index in [9.17, 15) is 14.4 Å². The molecule has 0 amide bonds. The molecule has 3 aromatic rings. The van der Waals surface area contributed by atoms with Crippen LogP contribution in [0.15, 0.2) is 48.5 Å². The van der Waals surface area contributed by atoms with Gasteiger partial charge in [0, 0.05) is 53.0 Å². The topological polar surface area (TPSA) is 64.1 Å². The van der Waals surface area contributed by atoms with Crippen molar-refractivity contribution < 1.29 is 14.4 Å². The van der Waals surface area contributed by atoms with Crippen LogP contribution in [0.3, 0.4) is 0 Å². The number of rotatable bonds is 4. The molecule has 0 unspecified atom stereocenters. The summed E-state index contributed by atoms with van der Waals surface area (Å²) in [5, 5.41) is 3.67. The summed E-state index contributed by atoms with van der Waals surface area (Å²) in [6.07, 6.45) is 6.76. The maximum absolute atomic E-state index is 14.3. The molecular formula is C37H43NO3. The summed E-state index contributed by atoms with van der Waals surface area (Å²) < 4.78 is 0. The SMILES string of the molecule is C[C@H](CCc1nc2ccccc2c2ccccc12)[C@H]1CC[C@@H]2[C@]1(C)C(=O)C[C@@H]1[C@@]3(C)CCC(=O)C[C@H]3CC(=O)[C@@]21C. The molecule has 7 rings (SSSR count). The summed E-state index contributed by atoms with van der Waals surface area (Å²) in [6.45, 7) is 9.05. The van der Waals surface area contributed by atoms with Crippen molar-refractivity contribution in [2.24, 2.45) is 45.8 Å². The van der Waals surface area contributed by atoms with Gasteiger partial charge in [0.15, 0.2) is 0 Å². The molecule has 0 radical (unpaired) electrons. The number of Topliss-reactive ketones (excluding diaryl/α,β-unsaturated/α-hetero) is 3. The first kappa shape index (κ1) is 27.0. The third kappa shape index (κ3) is 3.71. The van der Waals surface area contributed by atoms with Crippen LogP contribution in [0.1, 0.15) is 84.8 Å². The number of aromatic nitrogens is 1. The van der Waals surface area contributed by atoms with Gasteiger partial charge in [-0.05, 0) is 78.6 Å². The second-order valence-corrected chi connectivity index (χ2v) is 14.7. The molecule has 1 heterocycles. The van der Waals surface area contributed by atoms with Crippen LogP contribution < -0.4 is 0 Å². The molecule has 0 aliphatic heterocycles. The van der Waals surface area contributed by atoms with Gasteiger partial charge in [-0.1, -0.05) is 70.2 Å². The molecule has 4 saturated carbocycles. The van der Waals surface area contributed by atoms with Crippen LogP contribution in [0.4, 0.5) is 0 Å². The number of para-hydroxylation sites is 1. The average Bonchev–Trinajstić information content (AvgIpc) is 3.34. The van der Waals surface area contributed by atoms with Crippen LogP contribution in [0.2, 0.25) is 0 Å². The Labute approximate surface area is 243 Å². The van der Waals surface area contributed by atoms with E-state index in [0.29, 0.717) is 49.0 Å². The number of benzene rings is 2. The minimum Gasteiger partial charge on any atom is -0.300 e. The third-order valence-corrected chi connectivity index (χ3v) is 13.1. The van der Waals surface area contributed by atoms with Crippen molar-refractivity contribution in [1.29, 1.82) is 0 Å². The standard InChI is InChI=1S/C37H43NO3/c1-22(13-15-30-27-10-6-5-9-25(27)26-11-7-8-12-29(26)38-30)28-14-16-31-36(28,3)34(41)21-32-35(2)18-17-24(39)19-23(35)20-33(40)37(31,32)4/h5-12,22-23,28,31-32H,13-21H2,1-4H3/t22-,23+,28-,31-,32-,35+,36-,37+/m1/s1. The van der Waals surface area contributed by atoms with E-state index < -0.39 is 10.8 Å². The van der Waals surface area contributed by atoms with Gasteiger partial charge in [-0.2, -0.15) is 0 Å². The number of fused-ring (bicyclic) bond motifs is 8.